The van der Waals surface area contributed by atoms with Crippen molar-refractivity contribution in [3.63, 3.8) is 0 Å². The number of carbonyl (C=O) groups is 1. The first-order valence-electron chi connectivity index (χ1n) is 7.77. The van der Waals surface area contributed by atoms with Crippen LogP contribution in [-0.4, -0.2) is 66.0 Å². The summed E-state index contributed by atoms with van der Waals surface area (Å²) in [4.78, 5) is 15.7. The Morgan fingerprint density at radius 1 is 1.28 bits per heavy atom. The topological polar surface area (TPSA) is 105 Å². The molecule has 0 atom stereocenters. The van der Waals surface area contributed by atoms with E-state index < -0.39 is 5.97 Å². The highest BCUT2D eigenvalue weighted by atomic mass is 16.5. The number of aromatic hydroxyl groups is 1. The molecule has 2 heterocycles. The van der Waals surface area contributed by atoms with Gasteiger partial charge in [-0.3, -0.25) is 0 Å². The summed E-state index contributed by atoms with van der Waals surface area (Å²) in [5, 5.41) is 14.1. The minimum Gasteiger partial charge on any atom is -0.504 e. The van der Waals surface area contributed by atoms with Crippen LogP contribution in [-0.2, 0) is 14.2 Å². The Balaban J connectivity index is 1.94. The van der Waals surface area contributed by atoms with E-state index in [1.54, 1.807) is 14.0 Å². The highest BCUT2D eigenvalue weighted by Crippen LogP contribution is 2.24. The van der Waals surface area contributed by atoms with E-state index in [1.807, 2.05) is 0 Å². The zero-order valence-electron chi connectivity index (χ0n) is 14.2. The molecule has 136 valence electrons. The monoisotopic (exact) mass is 351 g/mol. The molecular weight excluding hydrogens is 330 g/mol. The predicted octanol–water partition coefficient (Wildman–Crippen LogP) is 1.19. The standard InChI is InChI=1S/C16H21N3O6/c1-3-24-16(21)13-4-5-19(18-13)15-14(20)10-12(11-17-15)25-9-8-23-7-6-22-2/h4-5,10-11,20H,3,6-9H2,1-2H3. The lowest BCUT2D eigenvalue weighted by molar-refractivity contribution is 0.0519. The van der Waals surface area contributed by atoms with E-state index in [-0.39, 0.29) is 23.9 Å². The molecule has 0 aliphatic carbocycles. The Morgan fingerprint density at radius 2 is 2.08 bits per heavy atom. The summed E-state index contributed by atoms with van der Waals surface area (Å²) in [6, 6.07) is 2.91. The van der Waals surface area contributed by atoms with Crippen LogP contribution in [0.5, 0.6) is 11.5 Å². The second-order valence-electron chi connectivity index (χ2n) is 4.83. The lowest BCUT2D eigenvalue weighted by Crippen LogP contribution is -2.10. The minimum absolute atomic E-state index is 0.128. The van der Waals surface area contributed by atoms with Gasteiger partial charge >= 0.3 is 5.97 Å². The molecule has 2 aromatic rings. The van der Waals surface area contributed by atoms with E-state index in [1.165, 1.54) is 29.2 Å². The summed E-state index contributed by atoms with van der Waals surface area (Å²) in [6.45, 7) is 3.70. The second-order valence-corrected chi connectivity index (χ2v) is 4.83. The first-order chi connectivity index (χ1) is 12.2. The normalized spacial score (nSPS) is 10.6. The first kappa shape index (κ1) is 18.7. The third-order valence-electron chi connectivity index (χ3n) is 3.04. The second kappa shape index (κ2) is 9.60. The van der Waals surface area contributed by atoms with Crippen LogP contribution < -0.4 is 4.74 Å². The molecule has 0 aliphatic heterocycles. The number of methoxy groups -OCH3 is 1. The summed E-state index contributed by atoms with van der Waals surface area (Å²) < 4.78 is 21.7. The summed E-state index contributed by atoms with van der Waals surface area (Å²) in [5.74, 6) is -0.0842. The maximum atomic E-state index is 11.6. The Labute approximate surface area is 145 Å². The van der Waals surface area contributed by atoms with Crippen molar-refractivity contribution >= 4 is 5.97 Å². The van der Waals surface area contributed by atoms with E-state index in [4.69, 9.17) is 18.9 Å². The van der Waals surface area contributed by atoms with Crippen molar-refractivity contribution in [2.45, 2.75) is 6.92 Å². The molecular formula is C16H21N3O6. The molecule has 2 rings (SSSR count). The van der Waals surface area contributed by atoms with Gasteiger partial charge in [0.1, 0.15) is 12.4 Å². The Bertz CT molecular complexity index is 688. The number of aromatic nitrogens is 3. The molecule has 0 aliphatic rings. The summed E-state index contributed by atoms with van der Waals surface area (Å²) >= 11 is 0. The van der Waals surface area contributed by atoms with Crippen LogP contribution in [0.1, 0.15) is 17.4 Å². The zero-order valence-corrected chi connectivity index (χ0v) is 14.2. The lowest BCUT2D eigenvalue weighted by atomic mass is 10.4. The molecule has 0 radical (unpaired) electrons. The van der Waals surface area contributed by atoms with Gasteiger partial charge in [-0.1, -0.05) is 0 Å². The highest BCUT2D eigenvalue weighted by Gasteiger charge is 2.14. The Kier molecular flexibility index (Phi) is 7.17. The van der Waals surface area contributed by atoms with Crippen LogP contribution in [0.15, 0.2) is 24.5 Å². The van der Waals surface area contributed by atoms with Crippen LogP contribution in [0, 0.1) is 0 Å². The predicted molar refractivity (Wildman–Crippen MR) is 87.2 cm³/mol. The van der Waals surface area contributed by atoms with Crippen molar-refractivity contribution in [3.05, 3.63) is 30.2 Å². The average Bonchev–Trinajstić information content (AvgIpc) is 3.08. The Morgan fingerprint density at radius 3 is 2.80 bits per heavy atom. The van der Waals surface area contributed by atoms with Crippen LogP contribution >= 0.6 is 0 Å². The van der Waals surface area contributed by atoms with Crippen LogP contribution in [0.25, 0.3) is 5.82 Å². The molecule has 1 N–H and O–H groups in total. The Hall–Kier alpha value is -2.65. The van der Waals surface area contributed by atoms with Gasteiger partial charge in [0.15, 0.2) is 17.3 Å². The number of nitrogens with zero attached hydrogens (tertiary/aromatic N) is 3. The fourth-order valence-electron chi connectivity index (χ4n) is 1.90. The van der Waals surface area contributed by atoms with Crippen LogP contribution in [0.3, 0.4) is 0 Å². The zero-order chi connectivity index (χ0) is 18.1. The summed E-state index contributed by atoms with van der Waals surface area (Å²) in [6.07, 6.45) is 2.97. The summed E-state index contributed by atoms with van der Waals surface area (Å²) in [5.41, 5.74) is 0.136. The average molecular weight is 351 g/mol. The van der Waals surface area contributed by atoms with Crippen LogP contribution in [0.4, 0.5) is 0 Å². The molecule has 0 bridgehead atoms. The van der Waals surface area contributed by atoms with E-state index in [2.05, 4.69) is 10.1 Å². The molecule has 25 heavy (non-hydrogen) atoms. The van der Waals surface area contributed by atoms with E-state index in [9.17, 15) is 9.90 Å². The van der Waals surface area contributed by atoms with Crippen molar-refractivity contribution < 1.29 is 28.8 Å². The molecule has 0 aromatic carbocycles. The minimum atomic E-state index is -0.533. The van der Waals surface area contributed by atoms with Gasteiger partial charge in [-0.25, -0.2) is 14.5 Å². The number of ether oxygens (including phenoxy) is 4. The number of esters is 1. The first-order valence-corrected chi connectivity index (χ1v) is 7.77. The molecule has 0 spiro atoms. The molecule has 0 saturated carbocycles. The van der Waals surface area contributed by atoms with Gasteiger partial charge < -0.3 is 24.1 Å². The maximum Gasteiger partial charge on any atom is 0.358 e. The fourth-order valence-corrected chi connectivity index (χ4v) is 1.90. The highest BCUT2D eigenvalue weighted by molar-refractivity contribution is 5.87. The van der Waals surface area contributed by atoms with Crippen molar-refractivity contribution in [2.24, 2.45) is 0 Å². The van der Waals surface area contributed by atoms with Gasteiger partial charge in [0.05, 0.1) is 32.6 Å². The van der Waals surface area contributed by atoms with E-state index >= 15 is 0 Å². The third kappa shape index (κ3) is 5.44. The lowest BCUT2D eigenvalue weighted by Gasteiger charge is -2.09. The van der Waals surface area contributed by atoms with Gasteiger partial charge in [0, 0.05) is 19.4 Å². The third-order valence-corrected chi connectivity index (χ3v) is 3.04. The molecule has 9 heteroatoms. The SMILES string of the molecule is CCOC(=O)c1ccn(-c2ncc(OCCOCCOC)cc2O)n1. The van der Waals surface area contributed by atoms with Crippen LogP contribution in [0.2, 0.25) is 0 Å². The summed E-state index contributed by atoms with van der Waals surface area (Å²) in [7, 11) is 1.60. The van der Waals surface area contributed by atoms with Crippen molar-refractivity contribution in [3.8, 4) is 17.3 Å². The smallest absolute Gasteiger partial charge is 0.358 e. The number of carbonyl (C=O) groups excluding carboxylic acids is 1. The van der Waals surface area contributed by atoms with Gasteiger partial charge in [-0.2, -0.15) is 5.10 Å². The molecule has 0 fully saturated rings. The molecule has 9 nitrogen and oxygen atoms in total. The molecule has 0 saturated heterocycles. The molecule has 2 aromatic heterocycles. The van der Waals surface area contributed by atoms with Gasteiger partial charge in [-0.05, 0) is 13.0 Å². The number of rotatable bonds is 10. The quantitative estimate of drug-likeness (QED) is 0.503. The van der Waals surface area contributed by atoms with Gasteiger partial charge in [-0.15, -0.1) is 0 Å². The number of hydrogen-bond acceptors (Lipinski definition) is 8. The van der Waals surface area contributed by atoms with E-state index in [0.29, 0.717) is 32.2 Å². The molecule has 0 amide bonds. The number of pyridine rings is 1. The van der Waals surface area contributed by atoms with Crippen molar-refractivity contribution in [2.75, 3.05) is 40.1 Å². The molecule has 0 unspecified atom stereocenters. The number of hydrogen-bond donors (Lipinski definition) is 1. The maximum absolute atomic E-state index is 11.6. The van der Waals surface area contributed by atoms with Gasteiger partial charge in [0.2, 0.25) is 0 Å². The van der Waals surface area contributed by atoms with Crippen molar-refractivity contribution in [1.82, 2.24) is 14.8 Å². The van der Waals surface area contributed by atoms with E-state index in [0.717, 1.165) is 0 Å². The fraction of sp³-hybridized carbons (Fsp3) is 0.438. The largest absolute Gasteiger partial charge is 0.504 e. The van der Waals surface area contributed by atoms with Crippen molar-refractivity contribution in [1.29, 1.82) is 0 Å². The van der Waals surface area contributed by atoms with Gasteiger partial charge in [0.25, 0.3) is 0 Å².